The molecule has 2 aliphatic rings. The lowest BCUT2D eigenvalue weighted by Crippen LogP contribution is -2.44. The molecule has 1 atom stereocenters. The van der Waals surface area contributed by atoms with Crippen LogP contribution in [0.15, 0.2) is 18.3 Å². The summed E-state index contributed by atoms with van der Waals surface area (Å²) in [6.45, 7) is 3.74. The van der Waals surface area contributed by atoms with Gasteiger partial charge in [0.05, 0.1) is 5.92 Å². The van der Waals surface area contributed by atoms with E-state index in [1.54, 1.807) is 6.20 Å². The van der Waals surface area contributed by atoms with Crippen LogP contribution in [0.25, 0.3) is 0 Å². The van der Waals surface area contributed by atoms with Crippen molar-refractivity contribution in [2.75, 3.05) is 31.1 Å². The Kier molecular flexibility index (Phi) is 5.14. The summed E-state index contributed by atoms with van der Waals surface area (Å²) in [5.41, 5.74) is 0.943. The molecule has 21 heavy (non-hydrogen) atoms. The molecule has 1 aromatic heterocycles. The third-order valence-electron chi connectivity index (χ3n) is 3.85. The van der Waals surface area contributed by atoms with Crippen molar-refractivity contribution in [3.63, 3.8) is 0 Å². The molecule has 2 aliphatic heterocycles. The molecule has 0 spiro atoms. The molecule has 0 aromatic carbocycles. The summed E-state index contributed by atoms with van der Waals surface area (Å²) in [7, 11) is 0. The van der Waals surface area contributed by atoms with E-state index in [0.29, 0.717) is 12.8 Å². The number of hydrogen-bond donors (Lipinski definition) is 2. The van der Waals surface area contributed by atoms with Gasteiger partial charge in [-0.05, 0) is 24.1 Å². The summed E-state index contributed by atoms with van der Waals surface area (Å²) in [5.74, 6) is 0.299. The van der Waals surface area contributed by atoms with Gasteiger partial charge in [-0.15, -0.1) is 12.4 Å². The molecule has 2 saturated heterocycles. The minimum absolute atomic E-state index is 0. The lowest BCUT2D eigenvalue weighted by Gasteiger charge is -2.29. The molecule has 3 rings (SSSR count). The highest BCUT2D eigenvalue weighted by atomic mass is 35.5. The first kappa shape index (κ1) is 15.7. The molecule has 0 bridgehead atoms. The number of anilines is 1. The molecule has 0 saturated carbocycles. The average molecular weight is 311 g/mol. The molecular weight excluding hydrogens is 292 g/mol. The molecule has 1 aromatic rings. The Morgan fingerprint density at radius 2 is 2.00 bits per heavy atom. The van der Waals surface area contributed by atoms with Crippen LogP contribution in [0.5, 0.6) is 0 Å². The van der Waals surface area contributed by atoms with E-state index < -0.39 is 0 Å². The first-order valence-corrected chi connectivity index (χ1v) is 6.99. The second kappa shape index (κ2) is 6.87. The Labute approximate surface area is 129 Å². The Morgan fingerprint density at radius 3 is 2.71 bits per heavy atom. The molecular formula is C14H19ClN4O2. The van der Waals surface area contributed by atoms with Crippen LogP contribution in [0.1, 0.15) is 24.3 Å². The Morgan fingerprint density at radius 1 is 1.24 bits per heavy atom. The van der Waals surface area contributed by atoms with Gasteiger partial charge in [0, 0.05) is 38.8 Å². The van der Waals surface area contributed by atoms with E-state index in [1.807, 2.05) is 12.1 Å². The van der Waals surface area contributed by atoms with E-state index in [2.05, 4.69) is 20.5 Å². The van der Waals surface area contributed by atoms with Crippen molar-refractivity contribution in [1.82, 2.24) is 15.6 Å². The molecule has 6 nitrogen and oxygen atoms in total. The maximum atomic E-state index is 11.9. The number of halogens is 1. The first-order chi connectivity index (χ1) is 9.74. The fraction of sp³-hybridized carbons (Fsp3) is 0.500. The number of nitrogens with zero attached hydrogens (tertiary/aromatic N) is 2. The molecule has 3 heterocycles. The zero-order valence-electron chi connectivity index (χ0n) is 11.7. The first-order valence-electron chi connectivity index (χ1n) is 6.99. The van der Waals surface area contributed by atoms with Gasteiger partial charge in [0.2, 0.25) is 11.8 Å². The van der Waals surface area contributed by atoms with Crippen molar-refractivity contribution >= 4 is 30.0 Å². The molecule has 1 unspecified atom stereocenters. The van der Waals surface area contributed by atoms with Crippen molar-refractivity contribution in [1.29, 1.82) is 0 Å². The summed E-state index contributed by atoms with van der Waals surface area (Å²) < 4.78 is 0. The SMILES string of the molecule is Cl.O=C1CCC(c2ccnc(N3CCNCC3)c2)C(=O)N1. The van der Waals surface area contributed by atoms with Crippen molar-refractivity contribution < 1.29 is 9.59 Å². The number of carbonyl (C=O) groups is 2. The van der Waals surface area contributed by atoms with Gasteiger partial charge in [0.15, 0.2) is 0 Å². The fourth-order valence-corrected chi connectivity index (χ4v) is 2.73. The maximum Gasteiger partial charge on any atom is 0.234 e. The van der Waals surface area contributed by atoms with E-state index in [-0.39, 0.29) is 30.1 Å². The number of hydrogen-bond acceptors (Lipinski definition) is 5. The Balaban J connectivity index is 0.00000161. The second-order valence-corrected chi connectivity index (χ2v) is 5.19. The van der Waals surface area contributed by atoms with Crippen LogP contribution >= 0.6 is 12.4 Å². The highest BCUT2D eigenvalue weighted by Gasteiger charge is 2.28. The van der Waals surface area contributed by atoms with Crippen LogP contribution in [0.2, 0.25) is 0 Å². The highest BCUT2D eigenvalue weighted by Crippen LogP contribution is 2.26. The molecule has 0 radical (unpaired) electrons. The average Bonchev–Trinajstić information content (AvgIpc) is 2.48. The van der Waals surface area contributed by atoms with Crippen LogP contribution in [0.3, 0.4) is 0 Å². The van der Waals surface area contributed by atoms with E-state index >= 15 is 0 Å². The fourth-order valence-electron chi connectivity index (χ4n) is 2.73. The molecule has 2 N–H and O–H groups in total. The highest BCUT2D eigenvalue weighted by molar-refractivity contribution is 6.00. The van der Waals surface area contributed by atoms with Crippen molar-refractivity contribution in [3.8, 4) is 0 Å². The smallest absolute Gasteiger partial charge is 0.234 e. The van der Waals surface area contributed by atoms with Crippen LogP contribution in [-0.2, 0) is 9.59 Å². The monoisotopic (exact) mass is 310 g/mol. The van der Waals surface area contributed by atoms with Gasteiger partial charge in [-0.3, -0.25) is 14.9 Å². The largest absolute Gasteiger partial charge is 0.354 e. The summed E-state index contributed by atoms with van der Waals surface area (Å²) in [6, 6.07) is 3.84. The number of piperidine rings is 1. The lowest BCUT2D eigenvalue weighted by molar-refractivity contribution is -0.134. The van der Waals surface area contributed by atoms with Gasteiger partial charge >= 0.3 is 0 Å². The topological polar surface area (TPSA) is 74.3 Å². The van der Waals surface area contributed by atoms with Gasteiger partial charge < -0.3 is 10.2 Å². The summed E-state index contributed by atoms with van der Waals surface area (Å²) in [5, 5.41) is 5.71. The molecule has 0 aliphatic carbocycles. The lowest BCUT2D eigenvalue weighted by atomic mass is 9.91. The summed E-state index contributed by atoms with van der Waals surface area (Å²) in [4.78, 5) is 29.7. The predicted octanol–water partition coefficient (Wildman–Crippen LogP) is 0.433. The van der Waals surface area contributed by atoms with Crippen molar-refractivity contribution in [3.05, 3.63) is 23.9 Å². The Bertz CT molecular complexity index is 531. The van der Waals surface area contributed by atoms with Crippen molar-refractivity contribution in [2.24, 2.45) is 0 Å². The standard InChI is InChI=1S/C14H18N4O2.ClH/c19-13-2-1-11(14(20)17-13)10-3-4-16-12(9-10)18-7-5-15-6-8-18;/h3-4,9,11,15H,1-2,5-8H2,(H,17,19,20);1H. The van der Waals surface area contributed by atoms with E-state index in [1.165, 1.54) is 0 Å². The van der Waals surface area contributed by atoms with E-state index in [9.17, 15) is 9.59 Å². The van der Waals surface area contributed by atoms with Gasteiger partial charge in [-0.2, -0.15) is 0 Å². The molecule has 2 amide bonds. The predicted molar refractivity (Wildman–Crippen MR) is 81.7 cm³/mol. The summed E-state index contributed by atoms with van der Waals surface area (Å²) >= 11 is 0. The van der Waals surface area contributed by atoms with E-state index in [0.717, 1.165) is 37.6 Å². The summed E-state index contributed by atoms with van der Waals surface area (Å²) in [6.07, 6.45) is 2.73. The molecule has 2 fully saturated rings. The van der Waals surface area contributed by atoms with Crippen LogP contribution in [0, 0.1) is 0 Å². The molecule has 114 valence electrons. The zero-order chi connectivity index (χ0) is 13.9. The van der Waals surface area contributed by atoms with E-state index in [4.69, 9.17) is 0 Å². The quantitative estimate of drug-likeness (QED) is 0.775. The third kappa shape index (κ3) is 3.51. The van der Waals surface area contributed by atoms with Crippen LogP contribution in [-0.4, -0.2) is 43.0 Å². The normalized spacial score (nSPS) is 22.5. The number of rotatable bonds is 2. The minimum Gasteiger partial charge on any atom is -0.354 e. The number of nitrogens with one attached hydrogen (secondary N) is 2. The number of amides is 2. The van der Waals surface area contributed by atoms with Gasteiger partial charge in [-0.1, -0.05) is 0 Å². The van der Waals surface area contributed by atoms with Gasteiger partial charge in [-0.25, -0.2) is 4.98 Å². The maximum absolute atomic E-state index is 11.9. The Hall–Kier alpha value is -1.66. The van der Waals surface area contributed by atoms with Crippen LogP contribution < -0.4 is 15.5 Å². The zero-order valence-corrected chi connectivity index (χ0v) is 12.5. The number of pyridine rings is 1. The van der Waals surface area contributed by atoms with Gasteiger partial charge in [0.25, 0.3) is 0 Å². The number of piperazine rings is 1. The number of imide groups is 1. The minimum atomic E-state index is -0.239. The molecule has 7 heteroatoms. The number of carbonyl (C=O) groups excluding carboxylic acids is 2. The van der Waals surface area contributed by atoms with Gasteiger partial charge in [0.1, 0.15) is 5.82 Å². The van der Waals surface area contributed by atoms with Crippen LogP contribution in [0.4, 0.5) is 5.82 Å². The third-order valence-corrected chi connectivity index (χ3v) is 3.85. The second-order valence-electron chi connectivity index (χ2n) is 5.19. The number of aromatic nitrogens is 1. The van der Waals surface area contributed by atoms with Crippen molar-refractivity contribution in [2.45, 2.75) is 18.8 Å².